The number of benzene rings is 1. The Morgan fingerprint density at radius 3 is 2.82 bits per heavy atom. The first kappa shape index (κ1) is 11.9. The largest absolute Gasteiger partial charge is 0.410 e. The lowest BCUT2D eigenvalue weighted by Gasteiger charge is -1.98. The van der Waals surface area contributed by atoms with Gasteiger partial charge in [0.05, 0.1) is 0 Å². The predicted octanol–water partition coefficient (Wildman–Crippen LogP) is 2.74. The maximum atomic E-state index is 8.55. The zero-order valence-corrected chi connectivity index (χ0v) is 10.1. The Balaban J connectivity index is 2.07. The van der Waals surface area contributed by atoms with Gasteiger partial charge in [0.2, 0.25) is 0 Å². The van der Waals surface area contributed by atoms with Crippen LogP contribution in [0.1, 0.15) is 11.3 Å². The van der Waals surface area contributed by atoms with Crippen molar-refractivity contribution in [2.45, 2.75) is 10.8 Å². The van der Waals surface area contributed by atoms with Crippen LogP contribution in [-0.4, -0.2) is 20.7 Å². The van der Waals surface area contributed by atoms with E-state index in [4.69, 9.17) is 16.8 Å². The minimum atomic E-state index is -0.137. The molecule has 0 unspecified atom stereocenters. The van der Waals surface area contributed by atoms with Crippen LogP contribution in [0.3, 0.4) is 0 Å². The first-order valence-electron chi connectivity index (χ1n) is 4.68. The number of oxime groups is 1. The van der Waals surface area contributed by atoms with Gasteiger partial charge in [0, 0.05) is 5.75 Å². The zero-order chi connectivity index (χ0) is 12.1. The lowest BCUT2D eigenvalue weighted by Crippen LogP contribution is -1.94. The highest BCUT2D eigenvalue weighted by Gasteiger charge is 2.15. The second-order valence-electron chi connectivity index (χ2n) is 3.08. The van der Waals surface area contributed by atoms with E-state index in [0.717, 1.165) is 5.56 Å². The monoisotopic (exact) mass is 269 g/mol. The summed E-state index contributed by atoms with van der Waals surface area (Å²) in [6.07, 6.45) is 0. The topological polar surface area (TPSA) is 71.5 Å². The van der Waals surface area contributed by atoms with Crippen molar-refractivity contribution in [1.82, 2.24) is 10.3 Å². The highest BCUT2D eigenvalue weighted by molar-refractivity contribution is 7.98. The fraction of sp³-hybridized carbons (Fsp3) is 0.100. The lowest BCUT2D eigenvalue weighted by molar-refractivity contribution is 0.297. The molecule has 2 aromatic rings. The summed E-state index contributed by atoms with van der Waals surface area (Å²) in [5, 5.41) is 19.0. The Morgan fingerprint density at radius 2 is 2.12 bits per heavy atom. The van der Waals surface area contributed by atoms with Gasteiger partial charge in [-0.1, -0.05) is 58.9 Å². The molecule has 0 aliphatic heterocycles. The normalized spacial score (nSPS) is 11.7. The molecule has 0 aliphatic rings. The van der Waals surface area contributed by atoms with Crippen molar-refractivity contribution >= 4 is 28.5 Å². The van der Waals surface area contributed by atoms with Crippen molar-refractivity contribution in [1.29, 1.82) is 0 Å². The standard InChI is InChI=1S/C10H8ClN3O2S/c11-9(12-15)8-10(14-16-13-8)17-6-7-4-2-1-3-5-7/h1-5,15H,6H2. The minimum absolute atomic E-state index is 0.137. The molecular formula is C10H8ClN3O2S. The number of hydrogen-bond acceptors (Lipinski definition) is 6. The molecule has 5 nitrogen and oxygen atoms in total. The quantitative estimate of drug-likeness (QED) is 0.400. The van der Waals surface area contributed by atoms with E-state index in [1.54, 1.807) is 0 Å². The molecule has 1 aromatic heterocycles. The van der Waals surface area contributed by atoms with E-state index in [-0.39, 0.29) is 10.9 Å². The molecule has 0 radical (unpaired) electrons. The molecule has 2 rings (SSSR count). The van der Waals surface area contributed by atoms with E-state index in [9.17, 15) is 0 Å². The van der Waals surface area contributed by atoms with E-state index in [1.807, 2.05) is 30.3 Å². The van der Waals surface area contributed by atoms with E-state index in [1.165, 1.54) is 11.8 Å². The average Bonchev–Trinajstić information content (AvgIpc) is 2.85. The smallest absolute Gasteiger partial charge is 0.200 e. The summed E-state index contributed by atoms with van der Waals surface area (Å²) in [4.78, 5) is 0. The van der Waals surface area contributed by atoms with Crippen LogP contribution in [0.15, 0.2) is 45.1 Å². The predicted molar refractivity (Wildman–Crippen MR) is 64.5 cm³/mol. The van der Waals surface area contributed by atoms with Gasteiger partial charge in [-0.3, -0.25) is 0 Å². The molecule has 0 bridgehead atoms. The number of rotatable bonds is 4. The van der Waals surface area contributed by atoms with Crippen LogP contribution in [0, 0.1) is 0 Å². The zero-order valence-electron chi connectivity index (χ0n) is 8.58. The summed E-state index contributed by atoms with van der Waals surface area (Å²) in [5.74, 6) is 0.706. The first-order chi connectivity index (χ1) is 8.31. The lowest BCUT2D eigenvalue weighted by atomic mass is 10.2. The summed E-state index contributed by atoms with van der Waals surface area (Å²) in [5.41, 5.74) is 1.39. The summed E-state index contributed by atoms with van der Waals surface area (Å²) >= 11 is 7.05. The van der Waals surface area contributed by atoms with Gasteiger partial charge in [-0.15, -0.1) is 0 Å². The molecule has 88 valence electrons. The van der Waals surface area contributed by atoms with Crippen molar-refractivity contribution in [3.63, 3.8) is 0 Å². The Hall–Kier alpha value is -1.53. The first-order valence-corrected chi connectivity index (χ1v) is 6.05. The maximum Gasteiger partial charge on any atom is 0.200 e. The van der Waals surface area contributed by atoms with E-state index in [2.05, 4.69) is 20.1 Å². The molecule has 0 amide bonds. The molecule has 0 saturated heterocycles. The van der Waals surface area contributed by atoms with E-state index >= 15 is 0 Å². The third-order valence-corrected chi connectivity index (χ3v) is 3.23. The summed E-state index contributed by atoms with van der Waals surface area (Å²) < 4.78 is 4.56. The van der Waals surface area contributed by atoms with Crippen LogP contribution in [0.2, 0.25) is 0 Å². The summed E-state index contributed by atoms with van der Waals surface area (Å²) in [6.45, 7) is 0. The van der Waals surface area contributed by atoms with Gasteiger partial charge >= 0.3 is 0 Å². The molecule has 17 heavy (non-hydrogen) atoms. The van der Waals surface area contributed by atoms with Crippen molar-refractivity contribution in [2.75, 3.05) is 0 Å². The Kier molecular flexibility index (Phi) is 4.00. The molecule has 0 spiro atoms. The fourth-order valence-electron chi connectivity index (χ4n) is 1.17. The van der Waals surface area contributed by atoms with Crippen molar-refractivity contribution in [3.8, 4) is 0 Å². The molecule has 0 aliphatic carbocycles. The number of thioether (sulfide) groups is 1. The summed E-state index contributed by atoms with van der Waals surface area (Å²) in [6, 6.07) is 9.87. The molecule has 7 heteroatoms. The molecular weight excluding hydrogens is 262 g/mol. The molecule has 0 atom stereocenters. The second kappa shape index (κ2) is 5.70. The van der Waals surface area contributed by atoms with Crippen molar-refractivity contribution < 1.29 is 9.84 Å². The van der Waals surface area contributed by atoms with Gasteiger partial charge in [0.1, 0.15) is 0 Å². The highest BCUT2D eigenvalue weighted by Crippen LogP contribution is 2.24. The number of nitrogens with zero attached hydrogens (tertiary/aromatic N) is 3. The Labute approximate surface area is 106 Å². The number of aromatic nitrogens is 2. The van der Waals surface area contributed by atoms with Crippen LogP contribution in [-0.2, 0) is 5.75 Å². The maximum absolute atomic E-state index is 8.55. The Bertz CT molecular complexity index is 515. The van der Waals surface area contributed by atoms with Gasteiger partial charge in [0.25, 0.3) is 0 Å². The molecule has 0 saturated carbocycles. The van der Waals surface area contributed by atoms with Crippen molar-refractivity contribution in [2.24, 2.45) is 5.16 Å². The summed E-state index contributed by atoms with van der Waals surface area (Å²) in [7, 11) is 0. The SMILES string of the molecule is ON=C(Cl)c1nonc1SCc1ccccc1. The Morgan fingerprint density at radius 1 is 1.35 bits per heavy atom. The molecule has 0 fully saturated rings. The molecule has 1 heterocycles. The molecule has 1 N–H and O–H groups in total. The van der Waals surface area contributed by atoms with Gasteiger partial charge < -0.3 is 5.21 Å². The van der Waals surface area contributed by atoms with Crippen molar-refractivity contribution in [3.05, 3.63) is 41.6 Å². The van der Waals surface area contributed by atoms with Gasteiger partial charge in [-0.25, -0.2) is 4.63 Å². The van der Waals surface area contributed by atoms with Gasteiger partial charge in [-0.2, -0.15) is 0 Å². The third kappa shape index (κ3) is 2.98. The fourth-order valence-corrected chi connectivity index (χ4v) is 2.21. The third-order valence-electron chi connectivity index (χ3n) is 1.96. The van der Waals surface area contributed by atoms with Gasteiger partial charge in [0.15, 0.2) is 15.9 Å². The van der Waals surface area contributed by atoms with Crippen LogP contribution in [0.25, 0.3) is 0 Å². The molecule has 1 aromatic carbocycles. The van der Waals surface area contributed by atoms with Crippen LogP contribution in [0.5, 0.6) is 0 Å². The van der Waals surface area contributed by atoms with Crippen LogP contribution in [0.4, 0.5) is 0 Å². The van der Waals surface area contributed by atoms with E-state index < -0.39 is 0 Å². The average molecular weight is 270 g/mol. The van der Waals surface area contributed by atoms with E-state index in [0.29, 0.717) is 10.8 Å². The minimum Gasteiger partial charge on any atom is -0.410 e. The highest BCUT2D eigenvalue weighted by atomic mass is 35.5. The van der Waals surface area contributed by atoms with Crippen LogP contribution < -0.4 is 0 Å². The van der Waals surface area contributed by atoms with Crippen LogP contribution >= 0.6 is 23.4 Å². The van der Waals surface area contributed by atoms with Gasteiger partial charge in [-0.05, 0) is 15.9 Å². The number of hydrogen-bond donors (Lipinski definition) is 1. The number of halogens is 1. The second-order valence-corrected chi connectivity index (χ2v) is 4.41.